The van der Waals surface area contributed by atoms with Crippen molar-refractivity contribution in [2.75, 3.05) is 7.05 Å². The molecule has 0 aliphatic rings. The maximum absolute atomic E-state index is 11.5. The summed E-state index contributed by atoms with van der Waals surface area (Å²) < 4.78 is 5.14. The van der Waals surface area contributed by atoms with E-state index in [0.717, 1.165) is 5.76 Å². The molecule has 0 aliphatic heterocycles. The highest BCUT2D eigenvalue weighted by atomic mass is 16.3. The minimum Gasteiger partial charge on any atom is -0.467 e. The van der Waals surface area contributed by atoms with E-state index in [-0.39, 0.29) is 11.8 Å². The number of hydrogen-bond donors (Lipinski definition) is 0. The average molecular weight is 181 g/mol. The summed E-state index contributed by atoms with van der Waals surface area (Å²) in [4.78, 5) is 13.1. The van der Waals surface area contributed by atoms with Gasteiger partial charge in [-0.2, -0.15) is 0 Å². The van der Waals surface area contributed by atoms with Gasteiger partial charge in [0.25, 0.3) is 0 Å². The topological polar surface area (TPSA) is 33.5 Å². The molecule has 3 nitrogen and oxygen atoms in total. The van der Waals surface area contributed by atoms with Gasteiger partial charge >= 0.3 is 0 Å². The molecule has 1 aromatic rings. The standard InChI is InChI=1S/C10H15NO2/c1-8(2)10(12)11(3)7-9-5-4-6-13-9/h4-6,8H,7H2,1-3H3. The van der Waals surface area contributed by atoms with Crippen molar-refractivity contribution < 1.29 is 9.21 Å². The summed E-state index contributed by atoms with van der Waals surface area (Å²) in [5.74, 6) is 0.993. The van der Waals surface area contributed by atoms with Crippen LogP contribution in [0.25, 0.3) is 0 Å². The van der Waals surface area contributed by atoms with Crippen LogP contribution in [0.4, 0.5) is 0 Å². The van der Waals surface area contributed by atoms with Crippen molar-refractivity contribution >= 4 is 5.91 Å². The Hall–Kier alpha value is -1.25. The van der Waals surface area contributed by atoms with Gasteiger partial charge in [0.1, 0.15) is 5.76 Å². The fraction of sp³-hybridized carbons (Fsp3) is 0.500. The largest absolute Gasteiger partial charge is 0.467 e. The van der Waals surface area contributed by atoms with E-state index in [9.17, 15) is 4.79 Å². The number of furan rings is 1. The van der Waals surface area contributed by atoms with Crippen molar-refractivity contribution in [3.63, 3.8) is 0 Å². The Morgan fingerprint density at radius 2 is 2.31 bits per heavy atom. The summed E-state index contributed by atoms with van der Waals surface area (Å²) >= 11 is 0. The third kappa shape index (κ3) is 2.61. The molecule has 1 rings (SSSR count). The molecule has 13 heavy (non-hydrogen) atoms. The Morgan fingerprint density at radius 3 is 2.77 bits per heavy atom. The third-order valence-corrected chi connectivity index (χ3v) is 1.84. The first kappa shape index (κ1) is 9.84. The molecule has 1 aromatic heterocycles. The van der Waals surface area contributed by atoms with E-state index in [2.05, 4.69) is 0 Å². The molecule has 0 fully saturated rings. The van der Waals surface area contributed by atoms with Crippen molar-refractivity contribution in [1.82, 2.24) is 4.90 Å². The first-order valence-corrected chi connectivity index (χ1v) is 4.38. The van der Waals surface area contributed by atoms with Gasteiger partial charge in [-0.3, -0.25) is 4.79 Å². The molecule has 0 unspecified atom stereocenters. The monoisotopic (exact) mass is 181 g/mol. The van der Waals surface area contributed by atoms with Crippen molar-refractivity contribution in [2.24, 2.45) is 5.92 Å². The molecule has 3 heteroatoms. The highest BCUT2D eigenvalue weighted by Gasteiger charge is 2.13. The van der Waals surface area contributed by atoms with Crippen molar-refractivity contribution in [1.29, 1.82) is 0 Å². The lowest BCUT2D eigenvalue weighted by Crippen LogP contribution is -2.29. The van der Waals surface area contributed by atoms with Crippen LogP contribution in [0.15, 0.2) is 22.8 Å². The molecule has 0 N–H and O–H groups in total. The second kappa shape index (κ2) is 4.12. The average Bonchev–Trinajstić information content (AvgIpc) is 2.55. The van der Waals surface area contributed by atoms with E-state index in [1.807, 2.05) is 26.0 Å². The SMILES string of the molecule is CC(C)C(=O)N(C)Cc1ccco1. The molecule has 0 saturated heterocycles. The van der Waals surface area contributed by atoms with Gasteiger partial charge in [0.05, 0.1) is 12.8 Å². The van der Waals surface area contributed by atoms with E-state index in [0.29, 0.717) is 6.54 Å². The number of carbonyl (C=O) groups is 1. The minimum absolute atomic E-state index is 0.0416. The summed E-state index contributed by atoms with van der Waals surface area (Å²) in [7, 11) is 1.78. The molecule has 0 spiro atoms. The van der Waals surface area contributed by atoms with Gasteiger partial charge in [0, 0.05) is 13.0 Å². The van der Waals surface area contributed by atoms with Crippen molar-refractivity contribution in [2.45, 2.75) is 20.4 Å². The normalized spacial score (nSPS) is 10.5. The Balaban J connectivity index is 2.51. The van der Waals surface area contributed by atoms with Crippen LogP contribution in [0.1, 0.15) is 19.6 Å². The third-order valence-electron chi connectivity index (χ3n) is 1.84. The van der Waals surface area contributed by atoms with Crippen molar-refractivity contribution in [3.8, 4) is 0 Å². The lowest BCUT2D eigenvalue weighted by atomic mass is 10.2. The van der Waals surface area contributed by atoms with Crippen LogP contribution in [0.5, 0.6) is 0 Å². The molecule has 1 heterocycles. The van der Waals surface area contributed by atoms with Crippen LogP contribution in [-0.4, -0.2) is 17.9 Å². The highest BCUT2D eigenvalue weighted by molar-refractivity contribution is 5.77. The minimum atomic E-state index is 0.0416. The lowest BCUT2D eigenvalue weighted by molar-refractivity contribution is -0.133. The van der Waals surface area contributed by atoms with Crippen molar-refractivity contribution in [3.05, 3.63) is 24.2 Å². The molecular formula is C10H15NO2. The smallest absolute Gasteiger partial charge is 0.225 e. The summed E-state index contributed by atoms with van der Waals surface area (Å²) in [5.41, 5.74) is 0. The summed E-state index contributed by atoms with van der Waals surface area (Å²) in [6, 6.07) is 3.69. The summed E-state index contributed by atoms with van der Waals surface area (Å²) in [6.07, 6.45) is 1.61. The molecule has 0 aliphatic carbocycles. The Kier molecular flexibility index (Phi) is 3.12. The van der Waals surface area contributed by atoms with Crippen LogP contribution in [0, 0.1) is 5.92 Å². The first-order chi connectivity index (χ1) is 6.11. The molecule has 0 saturated carbocycles. The van der Waals surface area contributed by atoms with Crippen LogP contribution in [0.3, 0.4) is 0 Å². The van der Waals surface area contributed by atoms with Gasteiger partial charge < -0.3 is 9.32 Å². The number of hydrogen-bond acceptors (Lipinski definition) is 2. The Bertz CT molecular complexity index is 264. The van der Waals surface area contributed by atoms with Gasteiger partial charge in [-0.25, -0.2) is 0 Å². The number of nitrogens with zero attached hydrogens (tertiary/aromatic N) is 1. The summed E-state index contributed by atoms with van der Waals surface area (Å²) in [6.45, 7) is 4.33. The zero-order valence-corrected chi connectivity index (χ0v) is 8.28. The predicted octanol–water partition coefficient (Wildman–Crippen LogP) is 1.89. The van der Waals surface area contributed by atoms with Crippen LogP contribution >= 0.6 is 0 Å². The van der Waals surface area contributed by atoms with E-state index in [1.165, 1.54) is 0 Å². The van der Waals surface area contributed by atoms with Gasteiger partial charge in [0.2, 0.25) is 5.91 Å². The van der Waals surface area contributed by atoms with Crippen LogP contribution < -0.4 is 0 Å². The number of carbonyl (C=O) groups excluding carboxylic acids is 1. The molecule has 0 radical (unpaired) electrons. The van der Waals surface area contributed by atoms with E-state index >= 15 is 0 Å². The van der Waals surface area contributed by atoms with E-state index in [1.54, 1.807) is 18.2 Å². The fourth-order valence-electron chi connectivity index (χ4n) is 1.15. The zero-order valence-electron chi connectivity index (χ0n) is 8.28. The molecule has 0 atom stereocenters. The Labute approximate surface area is 78.3 Å². The molecule has 1 amide bonds. The molecule has 0 bridgehead atoms. The van der Waals surface area contributed by atoms with Gasteiger partial charge in [-0.15, -0.1) is 0 Å². The van der Waals surface area contributed by atoms with E-state index < -0.39 is 0 Å². The fourth-order valence-corrected chi connectivity index (χ4v) is 1.15. The molecule has 0 aromatic carbocycles. The summed E-state index contributed by atoms with van der Waals surface area (Å²) in [5, 5.41) is 0. The second-order valence-corrected chi connectivity index (χ2v) is 3.43. The van der Waals surface area contributed by atoms with Gasteiger partial charge in [-0.05, 0) is 12.1 Å². The predicted molar refractivity (Wildman–Crippen MR) is 50.0 cm³/mol. The van der Waals surface area contributed by atoms with Gasteiger partial charge in [0.15, 0.2) is 0 Å². The van der Waals surface area contributed by atoms with Crippen LogP contribution in [-0.2, 0) is 11.3 Å². The lowest BCUT2D eigenvalue weighted by Gasteiger charge is -2.17. The number of rotatable bonds is 3. The second-order valence-electron chi connectivity index (χ2n) is 3.43. The van der Waals surface area contributed by atoms with Gasteiger partial charge in [-0.1, -0.05) is 13.8 Å². The Morgan fingerprint density at radius 1 is 1.62 bits per heavy atom. The molecule has 72 valence electrons. The number of amides is 1. The highest BCUT2D eigenvalue weighted by Crippen LogP contribution is 2.06. The quantitative estimate of drug-likeness (QED) is 0.713. The maximum atomic E-state index is 11.5. The first-order valence-electron chi connectivity index (χ1n) is 4.38. The van der Waals surface area contributed by atoms with E-state index in [4.69, 9.17) is 4.42 Å². The maximum Gasteiger partial charge on any atom is 0.225 e. The zero-order chi connectivity index (χ0) is 9.84. The van der Waals surface area contributed by atoms with Crippen LogP contribution in [0.2, 0.25) is 0 Å². The molecular weight excluding hydrogens is 166 g/mol.